The van der Waals surface area contributed by atoms with Crippen LogP contribution >= 0.6 is 0 Å². The Bertz CT molecular complexity index is 345. The van der Waals surface area contributed by atoms with Crippen LogP contribution < -0.4 is 5.73 Å². The Kier molecular flexibility index (Phi) is 3.42. The predicted octanol–water partition coefficient (Wildman–Crippen LogP) is 0.347. The second-order valence-corrected chi connectivity index (χ2v) is 6.56. The summed E-state index contributed by atoms with van der Waals surface area (Å²) in [6.45, 7) is 7.51. The van der Waals surface area contributed by atoms with Gasteiger partial charge in [-0.2, -0.15) is 0 Å². The molecule has 2 unspecified atom stereocenters. The van der Waals surface area contributed by atoms with Gasteiger partial charge in [0.2, 0.25) is 0 Å². The zero-order chi connectivity index (χ0) is 13.6. The van der Waals surface area contributed by atoms with E-state index in [-0.39, 0.29) is 5.54 Å². The third-order valence-corrected chi connectivity index (χ3v) is 4.81. The fourth-order valence-electron chi connectivity index (χ4n) is 3.14. The molecule has 2 rings (SSSR count). The van der Waals surface area contributed by atoms with Crippen molar-refractivity contribution < 1.29 is 9.90 Å². The molecular weight excluding hydrogens is 230 g/mol. The van der Waals surface area contributed by atoms with Crippen LogP contribution in [0.25, 0.3) is 0 Å². The van der Waals surface area contributed by atoms with E-state index < -0.39 is 11.5 Å². The average molecular weight is 255 g/mol. The molecule has 0 bridgehead atoms. The van der Waals surface area contributed by atoms with Gasteiger partial charge in [-0.25, -0.2) is 0 Å². The summed E-state index contributed by atoms with van der Waals surface area (Å²) < 4.78 is 0. The highest BCUT2D eigenvalue weighted by Gasteiger charge is 2.45. The highest BCUT2D eigenvalue weighted by Crippen LogP contribution is 2.33. The van der Waals surface area contributed by atoms with Crippen molar-refractivity contribution >= 4 is 5.97 Å². The highest BCUT2D eigenvalue weighted by atomic mass is 16.4. The summed E-state index contributed by atoms with van der Waals surface area (Å²) in [5.41, 5.74) is 5.11. The Morgan fingerprint density at radius 2 is 2.06 bits per heavy atom. The molecule has 0 radical (unpaired) electrons. The van der Waals surface area contributed by atoms with Crippen molar-refractivity contribution in [3.8, 4) is 0 Å². The maximum Gasteiger partial charge on any atom is 0.323 e. The van der Waals surface area contributed by atoms with E-state index in [9.17, 15) is 9.90 Å². The van der Waals surface area contributed by atoms with Gasteiger partial charge in [-0.1, -0.05) is 0 Å². The zero-order valence-electron chi connectivity index (χ0n) is 11.6. The van der Waals surface area contributed by atoms with Gasteiger partial charge in [-0.05, 0) is 40.2 Å². The SMILES string of the molecule is CN1CCN(C2CCC(N)(C(=O)O)C2)CC1(C)C. The highest BCUT2D eigenvalue weighted by molar-refractivity contribution is 5.79. The minimum Gasteiger partial charge on any atom is -0.480 e. The number of aliphatic carboxylic acids is 1. The van der Waals surface area contributed by atoms with Crippen LogP contribution in [-0.2, 0) is 4.79 Å². The van der Waals surface area contributed by atoms with Crippen molar-refractivity contribution in [2.75, 3.05) is 26.7 Å². The first-order valence-corrected chi connectivity index (χ1v) is 6.72. The van der Waals surface area contributed by atoms with E-state index in [2.05, 4.69) is 30.7 Å². The van der Waals surface area contributed by atoms with Crippen molar-refractivity contribution in [2.45, 2.75) is 50.2 Å². The molecule has 1 saturated carbocycles. The van der Waals surface area contributed by atoms with Gasteiger partial charge >= 0.3 is 5.97 Å². The second kappa shape index (κ2) is 4.47. The molecule has 1 aliphatic heterocycles. The normalized spacial score (nSPS) is 37.9. The Balaban J connectivity index is 2.01. The largest absolute Gasteiger partial charge is 0.480 e. The van der Waals surface area contributed by atoms with Gasteiger partial charge < -0.3 is 10.8 Å². The molecule has 0 aromatic carbocycles. The number of nitrogens with two attached hydrogens (primary N) is 1. The summed E-state index contributed by atoms with van der Waals surface area (Å²) in [5, 5.41) is 9.18. The number of hydrogen-bond acceptors (Lipinski definition) is 4. The van der Waals surface area contributed by atoms with Crippen LogP contribution in [0.1, 0.15) is 33.1 Å². The Labute approximate surface area is 109 Å². The topological polar surface area (TPSA) is 69.8 Å². The Hall–Kier alpha value is -0.650. The summed E-state index contributed by atoms with van der Waals surface area (Å²) in [7, 11) is 2.15. The summed E-state index contributed by atoms with van der Waals surface area (Å²) in [6, 6.07) is 0.332. The molecule has 104 valence electrons. The third-order valence-electron chi connectivity index (χ3n) is 4.81. The Morgan fingerprint density at radius 1 is 1.39 bits per heavy atom. The van der Waals surface area contributed by atoms with Gasteiger partial charge in [0.1, 0.15) is 5.54 Å². The number of carboxylic acids is 1. The summed E-state index contributed by atoms with van der Waals surface area (Å²) >= 11 is 0. The minimum atomic E-state index is -1.00. The molecule has 18 heavy (non-hydrogen) atoms. The lowest BCUT2D eigenvalue weighted by Crippen LogP contribution is -2.60. The van der Waals surface area contributed by atoms with Crippen LogP contribution in [-0.4, -0.2) is 64.7 Å². The fraction of sp³-hybridized carbons (Fsp3) is 0.923. The quantitative estimate of drug-likeness (QED) is 0.745. The van der Waals surface area contributed by atoms with Gasteiger partial charge in [0, 0.05) is 31.2 Å². The predicted molar refractivity (Wildman–Crippen MR) is 70.5 cm³/mol. The molecule has 0 amide bonds. The molecule has 3 N–H and O–H groups in total. The Morgan fingerprint density at radius 3 is 2.56 bits per heavy atom. The van der Waals surface area contributed by atoms with Crippen LogP contribution in [0.15, 0.2) is 0 Å². The number of carbonyl (C=O) groups is 1. The summed E-state index contributed by atoms with van der Waals surface area (Å²) in [6.07, 6.45) is 2.09. The number of likely N-dealkylation sites (N-methyl/N-ethyl adjacent to an activating group) is 1. The zero-order valence-corrected chi connectivity index (χ0v) is 11.6. The van der Waals surface area contributed by atoms with Gasteiger partial charge in [0.15, 0.2) is 0 Å². The fourth-order valence-corrected chi connectivity index (χ4v) is 3.14. The maximum absolute atomic E-state index is 11.2. The van der Waals surface area contributed by atoms with E-state index in [0.29, 0.717) is 18.9 Å². The molecule has 0 aromatic heterocycles. The van der Waals surface area contributed by atoms with Crippen molar-refractivity contribution in [2.24, 2.45) is 5.73 Å². The first kappa shape index (κ1) is 13.8. The molecule has 1 aliphatic carbocycles. The van der Waals surface area contributed by atoms with E-state index in [0.717, 1.165) is 26.1 Å². The van der Waals surface area contributed by atoms with E-state index in [4.69, 9.17) is 5.73 Å². The summed E-state index contributed by atoms with van der Waals surface area (Å²) in [5.74, 6) is -0.849. The van der Waals surface area contributed by atoms with Crippen LogP contribution in [0, 0.1) is 0 Å². The lowest BCUT2D eigenvalue weighted by atomic mass is 9.96. The van der Waals surface area contributed by atoms with Crippen molar-refractivity contribution in [3.63, 3.8) is 0 Å². The van der Waals surface area contributed by atoms with Gasteiger partial charge in [-0.3, -0.25) is 14.6 Å². The molecule has 2 atom stereocenters. The number of piperazine rings is 1. The van der Waals surface area contributed by atoms with Crippen LogP contribution in [0.5, 0.6) is 0 Å². The monoisotopic (exact) mass is 255 g/mol. The molecular formula is C13H25N3O2. The minimum absolute atomic E-state index is 0.154. The number of hydrogen-bond donors (Lipinski definition) is 2. The van der Waals surface area contributed by atoms with Gasteiger partial charge in [0.25, 0.3) is 0 Å². The van der Waals surface area contributed by atoms with E-state index in [1.807, 2.05) is 0 Å². The van der Waals surface area contributed by atoms with Crippen LogP contribution in [0.3, 0.4) is 0 Å². The number of nitrogens with zero attached hydrogens (tertiary/aromatic N) is 2. The third kappa shape index (κ3) is 2.39. The first-order chi connectivity index (χ1) is 8.24. The summed E-state index contributed by atoms with van der Waals surface area (Å²) in [4.78, 5) is 16.0. The smallest absolute Gasteiger partial charge is 0.323 e. The lowest BCUT2D eigenvalue weighted by Gasteiger charge is -2.47. The first-order valence-electron chi connectivity index (χ1n) is 6.72. The van der Waals surface area contributed by atoms with E-state index >= 15 is 0 Å². The molecule has 1 saturated heterocycles. The standard InChI is InChI=1S/C13H25N3O2/c1-12(2)9-16(7-6-15(12)3)10-4-5-13(14,8-10)11(17)18/h10H,4-9,14H2,1-3H3,(H,17,18). The maximum atomic E-state index is 11.2. The molecule has 1 heterocycles. The molecule has 5 heteroatoms. The molecule has 0 spiro atoms. The number of carboxylic acid groups (broad SMARTS) is 1. The van der Waals surface area contributed by atoms with Crippen molar-refractivity contribution in [1.82, 2.24) is 9.80 Å². The average Bonchev–Trinajstić information content (AvgIpc) is 2.66. The van der Waals surface area contributed by atoms with E-state index in [1.165, 1.54) is 0 Å². The molecule has 5 nitrogen and oxygen atoms in total. The number of rotatable bonds is 2. The van der Waals surface area contributed by atoms with Crippen LogP contribution in [0.2, 0.25) is 0 Å². The second-order valence-electron chi connectivity index (χ2n) is 6.56. The molecule has 2 fully saturated rings. The molecule has 2 aliphatic rings. The van der Waals surface area contributed by atoms with Crippen molar-refractivity contribution in [1.29, 1.82) is 0 Å². The van der Waals surface area contributed by atoms with Gasteiger partial charge in [-0.15, -0.1) is 0 Å². The van der Waals surface area contributed by atoms with Gasteiger partial charge in [0.05, 0.1) is 0 Å². The lowest BCUT2D eigenvalue weighted by molar-refractivity contribution is -0.143. The molecule has 0 aromatic rings. The van der Waals surface area contributed by atoms with E-state index in [1.54, 1.807) is 0 Å². The van der Waals surface area contributed by atoms with Crippen molar-refractivity contribution in [3.05, 3.63) is 0 Å². The van der Waals surface area contributed by atoms with Crippen LogP contribution in [0.4, 0.5) is 0 Å².